The van der Waals surface area contributed by atoms with E-state index in [1.54, 1.807) is 12.2 Å². The highest BCUT2D eigenvalue weighted by Gasteiger charge is 2.22. The zero-order chi connectivity index (χ0) is 16.9. The lowest BCUT2D eigenvalue weighted by atomic mass is 10.0. The van der Waals surface area contributed by atoms with E-state index in [0.717, 1.165) is 12.8 Å². The Hall–Kier alpha value is -1.43. The molecular formula is C18H28O5. The molecule has 1 aliphatic heterocycles. The molecule has 0 spiro atoms. The lowest BCUT2D eigenvalue weighted by Gasteiger charge is -2.27. The minimum Gasteiger partial charge on any atom is -0.481 e. The minimum atomic E-state index is -0.745. The van der Waals surface area contributed by atoms with Crippen LogP contribution in [0.25, 0.3) is 0 Å². The van der Waals surface area contributed by atoms with Gasteiger partial charge in [0.1, 0.15) is 0 Å². The highest BCUT2D eigenvalue weighted by atomic mass is 16.5. The van der Waals surface area contributed by atoms with Crippen LogP contribution in [0.5, 0.6) is 0 Å². The van der Waals surface area contributed by atoms with Gasteiger partial charge in [-0.15, -0.1) is 0 Å². The number of allylic oxidation sites excluding steroid dienone is 5. The van der Waals surface area contributed by atoms with E-state index in [9.17, 15) is 15.0 Å². The van der Waals surface area contributed by atoms with E-state index >= 15 is 0 Å². The standard InChI is InChI=1S/C18H28O5/c19-15(13-17-14-16(20)11-12-23-17)9-7-5-3-1-2-4-6-8-10-18(21)22/h1-3,5,7,9,15-17,19-20H,4,6,8,10-14H2,(H,21,22)/t15?,16-,17+/m0/s1. The predicted molar refractivity (Wildman–Crippen MR) is 89.1 cm³/mol. The Morgan fingerprint density at radius 2 is 2.00 bits per heavy atom. The lowest BCUT2D eigenvalue weighted by molar-refractivity contribution is -0.137. The first kappa shape index (κ1) is 19.6. The number of hydrogen-bond donors (Lipinski definition) is 3. The molecule has 0 bridgehead atoms. The van der Waals surface area contributed by atoms with Gasteiger partial charge in [-0.1, -0.05) is 36.5 Å². The second kappa shape index (κ2) is 12.0. The average molecular weight is 324 g/mol. The van der Waals surface area contributed by atoms with Gasteiger partial charge in [0.2, 0.25) is 0 Å². The molecule has 0 aliphatic carbocycles. The number of aliphatic hydroxyl groups is 2. The summed E-state index contributed by atoms with van der Waals surface area (Å²) >= 11 is 0. The van der Waals surface area contributed by atoms with Crippen molar-refractivity contribution in [2.45, 2.75) is 63.3 Å². The molecule has 0 amide bonds. The third-order valence-corrected chi connectivity index (χ3v) is 3.66. The van der Waals surface area contributed by atoms with Crippen molar-refractivity contribution in [3.8, 4) is 0 Å². The topological polar surface area (TPSA) is 87.0 Å². The molecule has 5 heteroatoms. The average Bonchev–Trinajstić information content (AvgIpc) is 2.49. The summed E-state index contributed by atoms with van der Waals surface area (Å²) in [4.78, 5) is 10.3. The van der Waals surface area contributed by atoms with Gasteiger partial charge in [0.25, 0.3) is 0 Å². The number of aliphatic carboxylic acids is 1. The summed E-state index contributed by atoms with van der Waals surface area (Å²) in [6, 6.07) is 0. The van der Waals surface area contributed by atoms with Gasteiger partial charge in [0.05, 0.1) is 18.3 Å². The molecule has 1 unspecified atom stereocenters. The molecule has 1 saturated heterocycles. The summed E-state index contributed by atoms with van der Waals surface area (Å²) in [6.45, 7) is 0.555. The first-order valence-corrected chi connectivity index (χ1v) is 8.27. The van der Waals surface area contributed by atoms with E-state index in [-0.39, 0.29) is 18.6 Å². The normalized spacial score (nSPS) is 23.9. The van der Waals surface area contributed by atoms with Crippen molar-refractivity contribution in [1.82, 2.24) is 0 Å². The number of carboxylic acid groups (broad SMARTS) is 1. The Bertz CT molecular complexity index is 414. The fourth-order valence-corrected chi connectivity index (χ4v) is 2.41. The van der Waals surface area contributed by atoms with Gasteiger partial charge >= 0.3 is 5.97 Å². The monoisotopic (exact) mass is 324 g/mol. The molecule has 1 fully saturated rings. The van der Waals surface area contributed by atoms with E-state index in [4.69, 9.17) is 9.84 Å². The number of hydrogen-bond acceptors (Lipinski definition) is 4. The van der Waals surface area contributed by atoms with Crippen LogP contribution in [0.3, 0.4) is 0 Å². The van der Waals surface area contributed by atoms with Gasteiger partial charge < -0.3 is 20.1 Å². The van der Waals surface area contributed by atoms with Crippen molar-refractivity contribution in [2.75, 3.05) is 6.61 Å². The van der Waals surface area contributed by atoms with Crippen LogP contribution in [-0.2, 0) is 9.53 Å². The Balaban J connectivity index is 2.10. The van der Waals surface area contributed by atoms with Crippen molar-refractivity contribution in [1.29, 1.82) is 0 Å². The molecule has 1 rings (SSSR count). The predicted octanol–water partition coefficient (Wildman–Crippen LogP) is 2.59. The summed E-state index contributed by atoms with van der Waals surface area (Å²) < 4.78 is 5.51. The van der Waals surface area contributed by atoms with Crippen LogP contribution in [0.4, 0.5) is 0 Å². The van der Waals surface area contributed by atoms with Gasteiger partial charge in [0.15, 0.2) is 0 Å². The van der Waals surface area contributed by atoms with Crippen LogP contribution in [-0.4, -0.2) is 46.2 Å². The first-order chi connectivity index (χ1) is 11.1. The molecule has 3 N–H and O–H groups in total. The largest absolute Gasteiger partial charge is 0.481 e. The second-order valence-corrected chi connectivity index (χ2v) is 5.81. The molecule has 1 heterocycles. The van der Waals surface area contributed by atoms with Crippen LogP contribution < -0.4 is 0 Å². The Kier molecular flexibility index (Phi) is 10.3. The van der Waals surface area contributed by atoms with Crippen molar-refractivity contribution < 1.29 is 24.9 Å². The van der Waals surface area contributed by atoms with E-state index in [1.807, 2.05) is 24.3 Å². The van der Waals surface area contributed by atoms with Crippen molar-refractivity contribution in [3.63, 3.8) is 0 Å². The molecular weight excluding hydrogens is 296 g/mol. The molecule has 0 saturated carbocycles. The maximum Gasteiger partial charge on any atom is 0.303 e. The summed E-state index contributed by atoms with van der Waals surface area (Å²) in [5.74, 6) is -0.745. The minimum absolute atomic E-state index is 0.0759. The summed E-state index contributed by atoms with van der Waals surface area (Å²) in [7, 11) is 0. The summed E-state index contributed by atoms with van der Waals surface area (Å²) in [5, 5.41) is 27.9. The summed E-state index contributed by atoms with van der Waals surface area (Å²) in [5.41, 5.74) is 0. The fourth-order valence-electron chi connectivity index (χ4n) is 2.41. The summed E-state index contributed by atoms with van der Waals surface area (Å²) in [6.07, 6.45) is 14.6. The molecule has 3 atom stereocenters. The van der Waals surface area contributed by atoms with Crippen LogP contribution in [0.15, 0.2) is 36.5 Å². The zero-order valence-electron chi connectivity index (χ0n) is 13.5. The Morgan fingerprint density at radius 3 is 2.74 bits per heavy atom. The third kappa shape index (κ3) is 10.8. The highest BCUT2D eigenvalue weighted by Crippen LogP contribution is 2.18. The van der Waals surface area contributed by atoms with E-state index < -0.39 is 12.1 Å². The molecule has 130 valence electrons. The number of carbonyl (C=O) groups is 1. The van der Waals surface area contributed by atoms with Gasteiger partial charge in [-0.2, -0.15) is 0 Å². The first-order valence-electron chi connectivity index (χ1n) is 8.27. The highest BCUT2D eigenvalue weighted by molar-refractivity contribution is 5.66. The number of carboxylic acids is 1. The zero-order valence-corrected chi connectivity index (χ0v) is 13.5. The Labute approximate surface area is 138 Å². The van der Waals surface area contributed by atoms with Gasteiger partial charge in [-0.3, -0.25) is 4.79 Å². The molecule has 0 aromatic carbocycles. The molecule has 0 radical (unpaired) electrons. The Morgan fingerprint density at radius 1 is 1.22 bits per heavy atom. The van der Waals surface area contributed by atoms with Gasteiger partial charge in [0, 0.05) is 19.4 Å². The number of unbranched alkanes of at least 4 members (excludes halogenated alkanes) is 2. The van der Waals surface area contributed by atoms with Crippen LogP contribution >= 0.6 is 0 Å². The van der Waals surface area contributed by atoms with Crippen molar-refractivity contribution in [2.24, 2.45) is 0 Å². The van der Waals surface area contributed by atoms with Crippen molar-refractivity contribution in [3.05, 3.63) is 36.5 Å². The third-order valence-electron chi connectivity index (χ3n) is 3.66. The smallest absolute Gasteiger partial charge is 0.303 e. The quantitative estimate of drug-likeness (QED) is 0.425. The number of ether oxygens (including phenoxy) is 1. The molecule has 0 aromatic rings. The molecule has 5 nitrogen and oxygen atoms in total. The number of rotatable bonds is 10. The van der Waals surface area contributed by atoms with Crippen molar-refractivity contribution >= 4 is 5.97 Å². The SMILES string of the molecule is O=C(O)CCCCC=CC=CC=CC(O)C[C@@H]1C[C@@H](O)CCO1. The van der Waals surface area contributed by atoms with E-state index in [0.29, 0.717) is 32.3 Å². The molecule has 23 heavy (non-hydrogen) atoms. The van der Waals surface area contributed by atoms with Crippen LogP contribution in [0.1, 0.15) is 44.9 Å². The number of aliphatic hydroxyl groups excluding tert-OH is 2. The van der Waals surface area contributed by atoms with E-state index in [1.165, 1.54) is 0 Å². The molecule has 0 aromatic heterocycles. The van der Waals surface area contributed by atoms with E-state index in [2.05, 4.69) is 0 Å². The van der Waals surface area contributed by atoms with Crippen LogP contribution in [0.2, 0.25) is 0 Å². The van der Waals surface area contributed by atoms with Gasteiger partial charge in [-0.05, 0) is 32.1 Å². The maximum absolute atomic E-state index is 10.3. The maximum atomic E-state index is 10.3. The fraction of sp³-hybridized carbons (Fsp3) is 0.611. The second-order valence-electron chi connectivity index (χ2n) is 5.81. The van der Waals surface area contributed by atoms with Crippen LogP contribution in [0, 0.1) is 0 Å². The molecule has 1 aliphatic rings. The lowest BCUT2D eigenvalue weighted by Crippen LogP contribution is -2.31. The van der Waals surface area contributed by atoms with Gasteiger partial charge in [-0.25, -0.2) is 0 Å².